The van der Waals surface area contributed by atoms with Crippen molar-refractivity contribution in [2.24, 2.45) is 5.41 Å². The van der Waals surface area contributed by atoms with Crippen LogP contribution in [0.5, 0.6) is 0 Å². The number of hydrogen-bond acceptors (Lipinski definition) is 4. The SMILES string of the molecule is COC(=O)C1(C#N)CC1.[B].[C-]#[N+]C1(CO)CC1.[H-].[Na+]. The summed E-state index contributed by atoms with van der Waals surface area (Å²) in [5.41, 5.74) is -1.07. The third-order valence-electron chi connectivity index (χ3n) is 2.90. The van der Waals surface area contributed by atoms with Gasteiger partial charge in [-0.25, -0.2) is 6.57 Å². The number of nitriles is 1. The minimum atomic E-state index is -0.755. The Hall–Kier alpha value is -0.525. The molecule has 2 aliphatic carbocycles. The molecule has 0 aliphatic heterocycles. The Morgan fingerprint density at radius 2 is 2.06 bits per heavy atom. The van der Waals surface area contributed by atoms with Gasteiger partial charge in [0.1, 0.15) is 6.61 Å². The van der Waals surface area contributed by atoms with E-state index < -0.39 is 5.41 Å². The standard InChI is InChI=1S/C6H7NO2.C5H7NO.B.Na.H/c1-9-5(8)6(4-7)2-3-6;1-6-5(4-7)2-3-5;;;/h2-3H2,1H3;7H,2-4H2;;;/q;;;+1;-1. The maximum Gasteiger partial charge on any atom is 1.00 e. The number of esters is 1. The maximum absolute atomic E-state index is 10.7. The Bertz CT molecular complexity index is 373. The van der Waals surface area contributed by atoms with Crippen LogP contribution in [0.25, 0.3) is 4.85 Å². The van der Waals surface area contributed by atoms with E-state index in [4.69, 9.17) is 16.9 Å². The summed E-state index contributed by atoms with van der Waals surface area (Å²) in [6.07, 6.45) is 3.12. The summed E-state index contributed by atoms with van der Waals surface area (Å²) in [4.78, 5) is 13.9. The van der Waals surface area contributed by atoms with Crippen LogP contribution in [0.1, 0.15) is 27.1 Å². The molecule has 2 saturated carbocycles. The van der Waals surface area contributed by atoms with E-state index in [1.54, 1.807) is 0 Å². The van der Waals surface area contributed by atoms with Gasteiger partial charge in [0.15, 0.2) is 5.41 Å². The number of aliphatic hydroxyl groups excluding tert-OH is 1. The molecule has 0 aromatic heterocycles. The third kappa shape index (κ3) is 4.63. The first-order valence-corrected chi connectivity index (χ1v) is 5.07. The summed E-state index contributed by atoms with van der Waals surface area (Å²) in [7, 11) is 1.31. The number of nitrogens with zero attached hydrogens (tertiary/aromatic N) is 2. The monoisotopic (exact) mass is 257 g/mol. The summed E-state index contributed by atoms with van der Waals surface area (Å²) in [6, 6.07) is 1.93. The molecule has 1 N–H and O–H groups in total. The van der Waals surface area contributed by atoms with E-state index in [2.05, 4.69) is 9.58 Å². The molecule has 2 aliphatic rings. The van der Waals surface area contributed by atoms with Crippen LogP contribution >= 0.6 is 0 Å². The van der Waals surface area contributed by atoms with Crippen LogP contribution in [0.4, 0.5) is 0 Å². The molecule has 0 bridgehead atoms. The van der Waals surface area contributed by atoms with Gasteiger partial charge in [0, 0.05) is 21.3 Å². The van der Waals surface area contributed by atoms with E-state index in [1.165, 1.54) is 7.11 Å². The molecular weight excluding hydrogens is 242 g/mol. The molecule has 0 heterocycles. The number of aliphatic hydroxyl groups is 1. The first-order chi connectivity index (χ1) is 7.58. The summed E-state index contributed by atoms with van der Waals surface area (Å²) in [5.74, 6) is -0.384. The zero-order valence-electron chi connectivity index (χ0n) is 11.8. The van der Waals surface area contributed by atoms with Gasteiger partial charge < -0.3 is 16.1 Å². The quantitative estimate of drug-likeness (QED) is 0.341. The fraction of sp³-hybridized carbons (Fsp3) is 0.727. The minimum absolute atomic E-state index is 0. The van der Waals surface area contributed by atoms with Crippen molar-refractivity contribution in [2.45, 2.75) is 31.2 Å². The molecule has 0 saturated heterocycles. The van der Waals surface area contributed by atoms with Gasteiger partial charge in [-0.15, -0.1) is 0 Å². The first kappa shape index (κ1) is 19.8. The Labute approximate surface area is 133 Å². The van der Waals surface area contributed by atoms with Gasteiger partial charge in [0.2, 0.25) is 0 Å². The smallest absolute Gasteiger partial charge is 1.00 e. The van der Waals surface area contributed by atoms with Gasteiger partial charge >= 0.3 is 35.5 Å². The molecule has 0 aromatic rings. The Kier molecular flexibility index (Phi) is 8.59. The Balaban J connectivity index is -0.000000237. The number of ether oxygens (including phenoxy) is 1. The molecule has 3 radical (unpaired) electrons. The molecular formula is C11H15BN2NaO3. The molecule has 0 amide bonds. The van der Waals surface area contributed by atoms with E-state index in [0.717, 1.165) is 12.8 Å². The molecule has 5 nitrogen and oxygen atoms in total. The fourth-order valence-electron chi connectivity index (χ4n) is 1.13. The first-order valence-electron chi connectivity index (χ1n) is 5.07. The van der Waals surface area contributed by atoms with E-state index >= 15 is 0 Å². The minimum Gasteiger partial charge on any atom is -1.00 e. The van der Waals surface area contributed by atoms with Crippen LogP contribution in [-0.4, -0.2) is 38.7 Å². The second-order valence-electron chi connectivity index (χ2n) is 4.18. The second-order valence-corrected chi connectivity index (χ2v) is 4.18. The molecule has 2 fully saturated rings. The zero-order valence-corrected chi connectivity index (χ0v) is 12.8. The molecule has 0 aromatic carbocycles. The van der Waals surface area contributed by atoms with Crippen LogP contribution in [0.2, 0.25) is 0 Å². The normalized spacial score (nSPS) is 19.1. The van der Waals surface area contributed by atoms with Crippen molar-refractivity contribution in [1.82, 2.24) is 0 Å². The van der Waals surface area contributed by atoms with Crippen molar-refractivity contribution < 1.29 is 45.6 Å². The zero-order chi connectivity index (χ0) is 12.2. The summed E-state index contributed by atoms with van der Waals surface area (Å²) in [6.45, 7) is 6.59. The second kappa shape index (κ2) is 7.81. The summed E-state index contributed by atoms with van der Waals surface area (Å²) < 4.78 is 4.41. The van der Waals surface area contributed by atoms with Gasteiger partial charge in [-0.05, 0) is 12.8 Å². The number of rotatable bonds is 2. The van der Waals surface area contributed by atoms with Gasteiger partial charge in [0.25, 0.3) is 5.54 Å². The number of carbonyl (C=O) groups is 1. The van der Waals surface area contributed by atoms with Crippen LogP contribution in [0.3, 0.4) is 0 Å². The molecule has 2 rings (SSSR count). The molecule has 0 unspecified atom stereocenters. The Morgan fingerprint density at radius 1 is 1.56 bits per heavy atom. The van der Waals surface area contributed by atoms with E-state index in [-0.39, 0.29) is 57.5 Å². The van der Waals surface area contributed by atoms with E-state index in [1.807, 2.05) is 6.07 Å². The Morgan fingerprint density at radius 3 is 2.11 bits per heavy atom. The van der Waals surface area contributed by atoms with E-state index in [0.29, 0.717) is 12.8 Å². The van der Waals surface area contributed by atoms with Crippen molar-refractivity contribution in [3.63, 3.8) is 0 Å². The number of hydrogen-bond donors (Lipinski definition) is 1. The van der Waals surface area contributed by atoms with Crippen LogP contribution in [-0.2, 0) is 9.53 Å². The van der Waals surface area contributed by atoms with Crippen molar-refractivity contribution in [1.29, 1.82) is 5.26 Å². The summed E-state index contributed by atoms with van der Waals surface area (Å²) in [5, 5.41) is 16.8. The predicted octanol–water partition coefficient (Wildman–Crippen LogP) is -2.37. The van der Waals surface area contributed by atoms with Crippen molar-refractivity contribution in [3.8, 4) is 6.07 Å². The van der Waals surface area contributed by atoms with Crippen molar-refractivity contribution in [3.05, 3.63) is 11.4 Å². The fourth-order valence-corrected chi connectivity index (χ4v) is 1.13. The maximum atomic E-state index is 10.7. The van der Waals surface area contributed by atoms with Crippen LogP contribution < -0.4 is 29.6 Å². The van der Waals surface area contributed by atoms with Gasteiger partial charge in [-0.3, -0.25) is 4.79 Å². The van der Waals surface area contributed by atoms with Crippen LogP contribution in [0.15, 0.2) is 0 Å². The summed E-state index contributed by atoms with van der Waals surface area (Å²) >= 11 is 0. The van der Waals surface area contributed by atoms with Gasteiger partial charge in [-0.2, -0.15) is 5.26 Å². The van der Waals surface area contributed by atoms with E-state index in [9.17, 15) is 4.79 Å². The predicted molar refractivity (Wildman–Crippen MR) is 61.8 cm³/mol. The topological polar surface area (TPSA) is 74.7 Å². The van der Waals surface area contributed by atoms with Crippen molar-refractivity contribution in [2.75, 3.05) is 13.7 Å². The number of methoxy groups -OCH3 is 1. The van der Waals surface area contributed by atoms with Crippen LogP contribution in [0, 0.1) is 23.3 Å². The third-order valence-corrected chi connectivity index (χ3v) is 2.90. The average molecular weight is 257 g/mol. The average Bonchev–Trinajstić information content (AvgIpc) is 3.22. The van der Waals surface area contributed by atoms with Gasteiger partial charge in [0.05, 0.1) is 13.2 Å². The molecule has 18 heavy (non-hydrogen) atoms. The molecule has 0 spiro atoms. The molecule has 7 heteroatoms. The largest absolute Gasteiger partial charge is 1.00 e. The van der Waals surface area contributed by atoms with Gasteiger partial charge in [-0.1, -0.05) is 0 Å². The molecule has 0 atom stereocenters. The number of carbonyl (C=O) groups excluding carboxylic acids is 1. The molecule has 91 valence electrons. The van der Waals surface area contributed by atoms with Crippen molar-refractivity contribution >= 4 is 14.4 Å².